The standard InChI is InChI=1S/C33H35F4N3O4/c34-30-21-26(33(35,36)37)12-10-25(30)11-15-31-39-27(23-44-31)22-43-29-13-8-24(9-14-29)5-1-2-6-28-16-17-38-40(28)18-20-42-32-7-3-4-19-41-32/h8-17,21,23,32H,1-7,18-20,22H2/b15-11+. The first kappa shape index (κ1) is 31.5. The number of ether oxygens (including phenoxy) is 3. The van der Waals surface area contributed by atoms with Gasteiger partial charge in [0, 0.05) is 30.1 Å². The minimum absolute atomic E-state index is 0.00761. The van der Waals surface area contributed by atoms with Crippen LogP contribution >= 0.6 is 0 Å². The van der Waals surface area contributed by atoms with Crippen molar-refractivity contribution in [3.63, 3.8) is 0 Å². The van der Waals surface area contributed by atoms with E-state index >= 15 is 0 Å². The summed E-state index contributed by atoms with van der Waals surface area (Å²) in [6, 6.07) is 12.3. The Bertz CT molecular complexity index is 1490. The normalized spacial score (nSPS) is 15.7. The fourth-order valence-electron chi connectivity index (χ4n) is 4.90. The number of rotatable bonds is 14. The highest BCUT2D eigenvalue weighted by Gasteiger charge is 2.31. The van der Waals surface area contributed by atoms with Gasteiger partial charge in [0.05, 0.1) is 18.7 Å². The van der Waals surface area contributed by atoms with Crippen LogP contribution in [0.2, 0.25) is 0 Å². The van der Waals surface area contributed by atoms with E-state index in [1.807, 2.05) is 35.1 Å². The lowest BCUT2D eigenvalue weighted by atomic mass is 10.1. The third-order valence-electron chi connectivity index (χ3n) is 7.31. The Balaban J connectivity index is 1.01. The molecule has 0 N–H and O–H groups in total. The van der Waals surface area contributed by atoms with E-state index in [0.29, 0.717) is 24.1 Å². The van der Waals surface area contributed by atoms with Crippen LogP contribution in [0.4, 0.5) is 17.6 Å². The van der Waals surface area contributed by atoms with Crippen LogP contribution in [0, 0.1) is 5.82 Å². The summed E-state index contributed by atoms with van der Waals surface area (Å²) in [6.45, 7) is 2.26. The van der Waals surface area contributed by atoms with E-state index in [1.165, 1.54) is 29.7 Å². The first-order chi connectivity index (χ1) is 21.3. The lowest BCUT2D eigenvalue weighted by Crippen LogP contribution is -2.24. The molecule has 0 radical (unpaired) electrons. The molecular weight excluding hydrogens is 578 g/mol. The predicted molar refractivity (Wildman–Crippen MR) is 156 cm³/mol. The molecule has 44 heavy (non-hydrogen) atoms. The van der Waals surface area contributed by atoms with Crippen molar-refractivity contribution in [1.29, 1.82) is 0 Å². The summed E-state index contributed by atoms with van der Waals surface area (Å²) in [4.78, 5) is 4.26. The van der Waals surface area contributed by atoms with Gasteiger partial charge in [-0.05, 0) is 86.9 Å². The topological polar surface area (TPSA) is 71.5 Å². The molecule has 1 aliphatic heterocycles. The maximum absolute atomic E-state index is 14.0. The van der Waals surface area contributed by atoms with Gasteiger partial charge in [0.2, 0.25) is 5.89 Å². The molecule has 234 valence electrons. The summed E-state index contributed by atoms with van der Waals surface area (Å²) in [5.74, 6) is -0.113. The Morgan fingerprint density at radius 2 is 1.84 bits per heavy atom. The molecule has 1 unspecified atom stereocenters. The van der Waals surface area contributed by atoms with Crippen LogP contribution in [0.5, 0.6) is 5.75 Å². The van der Waals surface area contributed by atoms with E-state index in [2.05, 4.69) is 16.1 Å². The fraction of sp³-hybridized carbons (Fsp3) is 0.394. The van der Waals surface area contributed by atoms with E-state index in [1.54, 1.807) is 0 Å². The number of alkyl halides is 3. The summed E-state index contributed by atoms with van der Waals surface area (Å²) in [5.41, 5.74) is 1.90. The molecule has 0 aliphatic carbocycles. The molecule has 7 nitrogen and oxygen atoms in total. The van der Waals surface area contributed by atoms with Crippen molar-refractivity contribution in [2.45, 2.75) is 70.6 Å². The number of hydrogen-bond donors (Lipinski definition) is 0. The van der Waals surface area contributed by atoms with Crippen LogP contribution in [0.1, 0.15) is 66.1 Å². The van der Waals surface area contributed by atoms with Crippen molar-refractivity contribution in [1.82, 2.24) is 14.8 Å². The molecule has 5 rings (SSSR count). The van der Waals surface area contributed by atoms with Crippen molar-refractivity contribution in [3.8, 4) is 5.75 Å². The quantitative estimate of drug-likeness (QED) is 0.106. The minimum atomic E-state index is -4.60. The number of benzene rings is 2. The summed E-state index contributed by atoms with van der Waals surface area (Å²) in [5, 5.41) is 4.44. The van der Waals surface area contributed by atoms with E-state index < -0.39 is 17.6 Å². The lowest BCUT2D eigenvalue weighted by molar-refractivity contribution is -0.163. The van der Waals surface area contributed by atoms with Gasteiger partial charge in [0.25, 0.3) is 0 Å². The van der Waals surface area contributed by atoms with E-state index in [9.17, 15) is 17.6 Å². The minimum Gasteiger partial charge on any atom is -0.487 e. The second-order valence-electron chi connectivity index (χ2n) is 10.6. The highest BCUT2D eigenvalue weighted by Crippen LogP contribution is 2.30. The van der Waals surface area contributed by atoms with Gasteiger partial charge in [-0.25, -0.2) is 9.37 Å². The number of aromatic nitrogens is 3. The molecule has 2 aromatic carbocycles. The van der Waals surface area contributed by atoms with Gasteiger partial charge in [-0.1, -0.05) is 18.2 Å². The number of hydrogen-bond acceptors (Lipinski definition) is 6. The summed E-state index contributed by atoms with van der Waals surface area (Å²) in [6.07, 6.45) is 8.49. The van der Waals surface area contributed by atoms with Crippen LogP contribution < -0.4 is 4.74 Å². The molecule has 1 fully saturated rings. The SMILES string of the molecule is Fc1cc(C(F)(F)F)ccc1/C=C/c1nc(COc2ccc(CCCCc3ccnn3CCOC3CCCCO3)cc2)co1. The third kappa shape index (κ3) is 9.27. The number of aryl methyl sites for hydroxylation is 2. The fourth-order valence-corrected chi connectivity index (χ4v) is 4.90. The van der Waals surface area contributed by atoms with Gasteiger partial charge in [0.15, 0.2) is 6.29 Å². The number of unbranched alkanes of at least 4 members (excludes halogenated alkanes) is 1. The maximum atomic E-state index is 14.0. The highest BCUT2D eigenvalue weighted by molar-refractivity contribution is 5.66. The molecular formula is C33H35F4N3O4. The first-order valence-corrected chi connectivity index (χ1v) is 14.8. The molecule has 11 heteroatoms. The van der Waals surface area contributed by atoms with Gasteiger partial charge in [-0.3, -0.25) is 4.68 Å². The Kier molecular flexibility index (Phi) is 10.8. The zero-order chi connectivity index (χ0) is 30.8. The van der Waals surface area contributed by atoms with Crippen LogP contribution in [0.15, 0.2) is 65.4 Å². The van der Waals surface area contributed by atoms with Gasteiger partial charge in [0.1, 0.15) is 30.1 Å². The van der Waals surface area contributed by atoms with Crippen LogP contribution in [0.3, 0.4) is 0 Å². The molecule has 0 saturated carbocycles. The van der Waals surface area contributed by atoms with Crippen molar-refractivity contribution in [2.75, 3.05) is 13.2 Å². The third-order valence-corrected chi connectivity index (χ3v) is 7.31. The zero-order valence-electron chi connectivity index (χ0n) is 24.3. The first-order valence-electron chi connectivity index (χ1n) is 14.8. The molecule has 4 aromatic rings. The van der Waals surface area contributed by atoms with Crippen molar-refractivity contribution in [2.24, 2.45) is 0 Å². The molecule has 1 saturated heterocycles. The highest BCUT2D eigenvalue weighted by atomic mass is 19.4. The van der Waals surface area contributed by atoms with Gasteiger partial charge >= 0.3 is 6.18 Å². The summed E-state index contributed by atoms with van der Waals surface area (Å²) in [7, 11) is 0. The monoisotopic (exact) mass is 613 g/mol. The second-order valence-corrected chi connectivity index (χ2v) is 10.6. The Morgan fingerprint density at radius 1 is 1.00 bits per heavy atom. The zero-order valence-corrected chi connectivity index (χ0v) is 24.3. The summed E-state index contributed by atoms with van der Waals surface area (Å²) < 4.78 is 76.9. The average molecular weight is 614 g/mol. The molecule has 1 aliphatic rings. The predicted octanol–water partition coefficient (Wildman–Crippen LogP) is 7.89. The molecule has 0 bridgehead atoms. The Hall–Kier alpha value is -3.96. The smallest absolute Gasteiger partial charge is 0.416 e. The molecule has 1 atom stereocenters. The van der Waals surface area contributed by atoms with Crippen molar-refractivity contribution in [3.05, 3.63) is 101 Å². The molecule has 0 amide bonds. The largest absolute Gasteiger partial charge is 0.487 e. The lowest BCUT2D eigenvalue weighted by Gasteiger charge is -2.22. The Labute approximate surface area is 253 Å². The second kappa shape index (κ2) is 15.2. The van der Waals surface area contributed by atoms with Gasteiger partial charge < -0.3 is 18.6 Å². The molecule has 0 spiro atoms. The van der Waals surface area contributed by atoms with Crippen molar-refractivity contribution >= 4 is 12.2 Å². The van der Waals surface area contributed by atoms with Gasteiger partial charge in [-0.15, -0.1) is 0 Å². The maximum Gasteiger partial charge on any atom is 0.416 e. The van der Waals surface area contributed by atoms with E-state index in [4.69, 9.17) is 18.6 Å². The molecule has 2 aromatic heterocycles. The molecule has 3 heterocycles. The van der Waals surface area contributed by atoms with E-state index in [0.717, 1.165) is 70.2 Å². The number of oxazole rings is 1. The average Bonchev–Trinajstić information content (AvgIpc) is 3.67. The van der Waals surface area contributed by atoms with Crippen LogP contribution in [-0.2, 0) is 41.6 Å². The van der Waals surface area contributed by atoms with E-state index in [-0.39, 0.29) is 24.4 Å². The number of nitrogens with zero attached hydrogens (tertiary/aromatic N) is 3. The van der Waals surface area contributed by atoms with Crippen LogP contribution in [0.25, 0.3) is 12.2 Å². The van der Waals surface area contributed by atoms with Crippen molar-refractivity contribution < 1.29 is 36.2 Å². The summed E-state index contributed by atoms with van der Waals surface area (Å²) >= 11 is 0. The Morgan fingerprint density at radius 3 is 2.61 bits per heavy atom. The van der Waals surface area contributed by atoms with Gasteiger partial charge in [-0.2, -0.15) is 18.3 Å². The number of halogens is 4. The van der Waals surface area contributed by atoms with Crippen LogP contribution in [-0.4, -0.2) is 34.3 Å².